The number of carbonyl (C=O) groups is 2. The van der Waals surface area contributed by atoms with Gasteiger partial charge >= 0.3 is 12.1 Å². The molecule has 0 unspecified atom stereocenters. The van der Waals surface area contributed by atoms with Crippen LogP contribution in [0.5, 0.6) is 11.5 Å². The average Bonchev–Trinajstić information content (AvgIpc) is 3.18. The monoisotopic (exact) mass is 442 g/mol. The van der Waals surface area contributed by atoms with Gasteiger partial charge in [-0.25, -0.2) is 9.78 Å². The first-order valence-corrected chi connectivity index (χ1v) is 9.04. The second kappa shape index (κ2) is 8.02. The van der Waals surface area contributed by atoms with Gasteiger partial charge in [0.1, 0.15) is 11.5 Å². The lowest BCUT2D eigenvalue weighted by Gasteiger charge is -2.08. The molecular formula is C21H13F3N4O4. The lowest BCUT2D eigenvalue weighted by molar-refractivity contribution is -0.137. The van der Waals surface area contributed by atoms with E-state index in [1.807, 2.05) is 0 Å². The number of aromatic nitrogens is 3. The van der Waals surface area contributed by atoms with E-state index in [0.29, 0.717) is 17.0 Å². The summed E-state index contributed by atoms with van der Waals surface area (Å²) in [4.78, 5) is 27.2. The predicted molar refractivity (Wildman–Crippen MR) is 107 cm³/mol. The number of hydrogen-bond acceptors (Lipinski definition) is 5. The molecule has 0 saturated heterocycles. The van der Waals surface area contributed by atoms with Crippen molar-refractivity contribution in [3.8, 4) is 11.5 Å². The second-order valence-corrected chi connectivity index (χ2v) is 6.59. The van der Waals surface area contributed by atoms with Crippen molar-refractivity contribution in [2.45, 2.75) is 6.18 Å². The van der Waals surface area contributed by atoms with E-state index in [1.54, 1.807) is 0 Å². The third kappa shape index (κ3) is 4.36. The highest BCUT2D eigenvalue weighted by atomic mass is 19.4. The van der Waals surface area contributed by atoms with Crippen molar-refractivity contribution in [2.24, 2.45) is 0 Å². The lowest BCUT2D eigenvalue weighted by Crippen LogP contribution is -2.13. The second-order valence-electron chi connectivity index (χ2n) is 6.59. The Morgan fingerprint density at radius 2 is 1.75 bits per heavy atom. The maximum Gasteiger partial charge on any atom is 0.416 e. The van der Waals surface area contributed by atoms with E-state index < -0.39 is 23.6 Å². The number of aromatic amines is 1. The number of halogens is 3. The molecule has 0 aliphatic heterocycles. The fourth-order valence-corrected chi connectivity index (χ4v) is 2.89. The van der Waals surface area contributed by atoms with Gasteiger partial charge in [0.25, 0.3) is 5.91 Å². The summed E-state index contributed by atoms with van der Waals surface area (Å²) in [5.74, 6) is -1.26. The Balaban J connectivity index is 1.50. The van der Waals surface area contributed by atoms with E-state index in [2.05, 4.69) is 20.5 Å². The third-order valence-corrected chi connectivity index (χ3v) is 4.40. The fraction of sp³-hybridized carbons (Fsp3) is 0.0476. The van der Waals surface area contributed by atoms with Crippen LogP contribution in [-0.2, 0) is 6.18 Å². The van der Waals surface area contributed by atoms with Crippen LogP contribution < -0.4 is 10.1 Å². The number of ether oxygens (including phenoxy) is 1. The smallest absolute Gasteiger partial charge is 0.416 e. The quantitative estimate of drug-likeness (QED) is 0.412. The average molecular weight is 442 g/mol. The van der Waals surface area contributed by atoms with Crippen molar-refractivity contribution in [2.75, 3.05) is 5.32 Å². The lowest BCUT2D eigenvalue weighted by atomic mass is 10.1. The number of carboxylic acids is 1. The van der Waals surface area contributed by atoms with Gasteiger partial charge in [-0.2, -0.15) is 18.3 Å². The SMILES string of the molecule is O=C(O)c1cc(Oc2ccc(NC(=O)c3n[nH]c4ccc(C(F)(F)F)cc34)cc2)ccn1. The number of rotatable bonds is 5. The molecule has 0 fully saturated rings. The fourth-order valence-electron chi connectivity index (χ4n) is 2.89. The van der Waals surface area contributed by atoms with E-state index >= 15 is 0 Å². The number of benzene rings is 2. The Morgan fingerprint density at radius 1 is 1.00 bits per heavy atom. The molecule has 162 valence electrons. The van der Waals surface area contributed by atoms with Crippen LogP contribution in [0.25, 0.3) is 10.9 Å². The zero-order valence-electron chi connectivity index (χ0n) is 16.0. The molecule has 2 heterocycles. The first-order valence-electron chi connectivity index (χ1n) is 9.04. The third-order valence-electron chi connectivity index (χ3n) is 4.40. The number of H-pyrrole nitrogens is 1. The van der Waals surface area contributed by atoms with Gasteiger partial charge < -0.3 is 15.2 Å². The van der Waals surface area contributed by atoms with E-state index in [-0.39, 0.29) is 22.5 Å². The zero-order valence-corrected chi connectivity index (χ0v) is 16.0. The van der Waals surface area contributed by atoms with E-state index in [1.165, 1.54) is 48.7 Å². The van der Waals surface area contributed by atoms with E-state index in [4.69, 9.17) is 9.84 Å². The van der Waals surface area contributed by atoms with Gasteiger partial charge in [-0.3, -0.25) is 9.89 Å². The highest BCUT2D eigenvalue weighted by Crippen LogP contribution is 2.32. The molecule has 4 aromatic rings. The molecule has 2 aromatic heterocycles. The zero-order chi connectivity index (χ0) is 22.9. The molecular weight excluding hydrogens is 429 g/mol. The molecule has 0 aliphatic carbocycles. The molecule has 1 amide bonds. The Kier molecular flexibility index (Phi) is 5.23. The molecule has 0 radical (unpaired) electrons. The summed E-state index contributed by atoms with van der Waals surface area (Å²) in [5.41, 5.74) is -0.587. The Hall–Kier alpha value is -4.41. The normalized spacial score (nSPS) is 11.3. The topological polar surface area (TPSA) is 117 Å². The van der Waals surface area contributed by atoms with Crippen molar-refractivity contribution in [1.29, 1.82) is 0 Å². The highest BCUT2D eigenvalue weighted by Gasteiger charge is 2.31. The molecule has 0 saturated carbocycles. The minimum atomic E-state index is -4.55. The molecule has 3 N–H and O–H groups in total. The standard InChI is InChI=1S/C21H13F3N4O4/c22-21(23,24)11-1-6-16-15(9-11)18(28-27-16)19(29)26-12-2-4-13(5-3-12)32-14-7-8-25-17(10-14)20(30)31/h1-10H,(H,26,29)(H,27,28)(H,30,31). The minimum Gasteiger partial charge on any atom is -0.477 e. The predicted octanol–water partition coefficient (Wildman–Crippen LogP) is 4.72. The summed E-state index contributed by atoms with van der Waals surface area (Å²) < 4.78 is 44.5. The first-order chi connectivity index (χ1) is 15.2. The largest absolute Gasteiger partial charge is 0.477 e. The van der Waals surface area contributed by atoms with Crippen molar-refractivity contribution in [1.82, 2.24) is 15.2 Å². The van der Waals surface area contributed by atoms with Gasteiger partial charge in [0, 0.05) is 23.3 Å². The summed E-state index contributed by atoms with van der Waals surface area (Å²) in [5, 5.41) is 17.9. The van der Waals surface area contributed by atoms with Gasteiger partial charge in [0.05, 0.1) is 11.1 Å². The molecule has 0 bridgehead atoms. The summed E-state index contributed by atoms with van der Waals surface area (Å²) in [6, 6.07) is 11.8. The Labute approximate surface area is 177 Å². The van der Waals surface area contributed by atoms with Crippen LogP contribution in [0.4, 0.5) is 18.9 Å². The van der Waals surface area contributed by atoms with Crippen LogP contribution >= 0.6 is 0 Å². The maximum absolute atomic E-state index is 13.0. The van der Waals surface area contributed by atoms with Crippen molar-refractivity contribution < 1.29 is 32.6 Å². The van der Waals surface area contributed by atoms with Crippen LogP contribution in [0.2, 0.25) is 0 Å². The number of nitrogens with one attached hydrogen (secondary N) is 2. The van der Waals surface area contributed by atoms with Crippen molar-refractivity contribution >= 4 is 28.5 Å². The van der Waals surface area contributed by atoms with Gasteiger partial charge in [-0.05, 0) is 48.5 Å². The van der Waals surface area contributed by atoms with Gasteiger partial charge in [0.15, 0.2) is 11.4 Å². The Morgan fingerprint density at radius 3 is 2.44 bits per heavy atom. The summed E-state index contributed by atoms with van der Waals surface area (Å²) in [6.07, 6.45) is -3.25. The van der Waals surface area contributed by atoms with Gasteiger partial charge in [0.2, 0.25) is 0 Å². The molecule has 0 aliphatic rings. The number of carbonyl (C=O) groups excluding carboxylic acids is 1. The number of anilines is 1. The van der Waals surface area contributed by atoms with Crippen LogP contribution in [0, 0.1) is 0 Å². The number of carboxylic acid groups (broad SMARTS) is 1. The van der Waals surface area contributed by atoms with Gasteiger partial charge in [-0.15, -0.1) is 0 Å². The number of alkyl halides is 3. The first kappa shape index (κ1) is 20.8. The number of aromatic carboxylic acids is 1. The molecule has 11 heteroatoms. The van der Waals surface area contributed by atoms with E-state index in [0.717, 1.165) is 12.1 Å². The van der Waals surface area contributed by atoms with Crippen LogP contribution in [0.3, 0.4) is 0 Å². The van der Waals surface area contributed by atoms with Crippen LogP contribution in [0.15, 0.2) is 60.8 Å². The number of amides is 1. The van der Waals surface area contributed by atoms with Crippen molar-refractivity contribution in [3.05, 3.63) is 77.7 Å². The van der Waals surface area contributed by atoms with Crippen molar-refractivity contribution in [3.63, 3.8) is 0 Å². The molecule has 8 nitrogen and oxygen atoms in total. The highest BCUT2D eigenvalue weighted by molar-refractivity contribution is 6.11. The molecule has 0 atom stereocenters. The van der Waals surface area contributed by atoms with E-state index in [9.17, 15) is 22.8 Å². The number of pyridine rings is 1. The minimum absolute atomic E-state index is 0.0456. The molecule has 32 heavy (non-hydrogen) atoms. The van der Waals surface area contributed by atoms with Crippen LogP contribution in [0.1, 0.15) is 26.5 Å². The molecule has 0 spiro atoms. The molecule has 4 rings (SSSR count). The maximum atomic E-state index is 13.0. The summed E-state index contributed by atoms with van der Waals surface area (Å²) in [7, 11) is 0. The molecule has 2 aromatic carbocycles. The number of hydrogen-bond donors (Lipinski definition) is 3. The number of nitrogens with zero attached hydrogens (tertiary/aromatic N) is 2. The van der Waals surface area contributed by atoms with Crippen LogP contribution in [-0.4, -0.2) is 32.2 Å². The summed E-state index contributed by atoms with van der Waals surface area (Å²) >= 11 is 0. The van der Waals surface area contributed by atoms with Gasteiger partial charge in [-0.1, -0.05) is 0 Å². The number of fused-ring (bicyclic) bond motifs is 1. The summed E-state index contributed by atoms with van der Waals surface area (Å²) in [6.45, 7) is 0. The Bertz CT molecular complexity index is 1320.